The number of ether oxygens (including phenoxy) is 2. The molecule has 0 aliphatic carbocycles. The molecule has 0 saturated carbocycles. The van der Waals surface area contributed by atoms with Gasteiger partial charge in [-0.05, 0) is 93.2 Å². The molecule has 0 bridgehead atoms. The maximum absolute atomic E-state index is 12.4. The highest BCUT2D eigenvalue weighted by Crippen LogP contribution is 2.34. The molecular weight excluding hydrogens is 574 g/mol. The molecule has 0 heterocycles. The molecule has 0 aliphatic rings. The molecule has 0 aliphatic heterocycles. The van der Waals surface area contributed by atoms with Gasteiger partial charge in [0, 0.05) is 16.2 Å². The largest absolute Gasteiger partial charge is 0.493 e. The highest BCUT2D eigenvalue weighted by atomic mass is 127. The van der Waals surface area contributed by atoms with Gasteiger partial charge in [-0.1, -0.05) is 0 Å². The Morgan fingerprint density at radius 3 is 2.41 bits per heavy atom. The molecule has 0 unspecified atom stereocenters. The summed E-state index contributed by atoms with van der Waals surface area (Å²) in [7, 11) is 1.45. The number of rotatable bonds is 5. The van der Waals surface area contributed by atoms with E-state index in [0.717, 1.165) is 3.57 Å². The van der Waals surface area contributed by atoms with Gasteiger partial charge in [-0.3, -0.25) is 9.59 Å². The van der Waals surface area contributed by atoms with Gasteiger partial charge in [0.15, 0.2) is 11.5 Å². The molecule has 2 rings (SSSR count). The summed E-state index contributed by atoms with van der Waals surface area (Å²) in [6.07, 6.45) is 1.45. The zero-order valence-corrected chi connectivity index (χ0v) is 18.7. The van der Waals surface area contributed by atoms with E-state index >= 15 is 0 Å². The van der Waals surface area contributed by atoms with Crippen LogP contribution in [0.3, 0.4) is 0 Å². The van der Waals surface area contributed by atoms with Crippen molar-refractivity contribution in [2.75, 3.05) is 12.4 Å². The van der Waals surface area contributed by atoms with Crippen molar-refractivity contribution in [1.29, 1.82) is 5.26 Å². The van der Waals surface area contributed by atoms with E-state index in [1.807, 2.05) is 40.8 Å². The number of halogens is 2. The van der Waals surface area contributed by atoms with Crippen LogP contribution in [0.15, 0.2) is 42.0 Å². The molecule has 0 spiro atoms. The predicted molar refractivity (Wildman–Crippen MR) is 118 cm³/mol. The Bertz CT molecular complexity index is 947. The van der Waals surface area contributed by atoms with Crippen LogP contribution >= 0.6 is 45.2 Å². The van der Waals surface area contributed by atoms with Crippen LogP contribution in [0.5, 0.6) is 11.5 Å². The van der Waals surface area contributed by atoms with Crippen LogP contribution in [0.2, 0.25) is 0 Å². The number of nitrogens with zero attached hydrogens (tertiary/aromatic N) is 1. The lowest BCUT2D eigenvalue weighted by atomic mass is 10.1. The topological polar surface area (TPSA) is 88.4 Å². The molecule has 0 atom stereocenters. The number of nitrogens with one attached hydrogen (secondary N) is 1. The number of hydrogen-bond acceptors (Lipinski definition) is 5. The molecule has 0 saturated heterocycles. The smallest absolute Gasteiger partial charge is 0.308 e. The lowest BCUT2D eigenvalue weighted by Gasteiger charge is -2.11. The lowest BCUT2D eigenvalue weighted by molar-refractivity contribution is -0.132. The number of esters is 1. The molecule has 2 aromatic carbocycles. The number of carbonyl (C=O) groups is 2. The average Bonchev–Trinajstić information content (AvgIpc) is 2.63. The van der Waals surface area contributed by atoms with Gasteiger partial charge in [0.1, 0.15) is 11.6 Å². The highest BCUT2D eigenvalue weighted by molar-refractivity contribution is 14.1. The van der Waals surface area contributed by atoms with Crippen molar-refractivity contribution in [3.63, 3.8) is 0 Å². The minimum absolute atomic E-state index is 0.0633. The Morgan fingerprint density at radius 1 is 1.19 bits per heavy atom. The number of benzene rings is 2. The first-order chi connectivity index (χ1) is 12.8. The van der Waals surface area contributed by atoms with Crippen LogP contribution in [0.25, 0.3) is 6.08 Å². The summed E-state index contributed by atoms with van der Waals surface area (Å²) in [6, 6.07) is 12.4. The maximum atomic E-state index is 12.4. The van der Waals surface area contributed by atoms with Crippen molar-refractivity contribution >= 4 is 68.8 Å². The normalized spacial score (nSPS) is 10.7. The van der Waals surface area contributed by atoms with E-state index in [2.05, 4.69) is 27.9 Å². The minimum Gasteiger partial charge on any atom is -0.493 e. The third kappa shape index (κ3) is 5.93. The van der Waals surface area contributed by atoms with E-state index in [1.165, 1.54) is 20.1 Å². The summed E-state index contributed by atoms with van der Waals surface area (Å²) in [5, 5.41) is 12.1. The lowest BCUT2D eigenvalue weighted by Crippen LogP contribution is -2.13. The highest BCUT2D eigenvalue weighted by Gasteiger charge is 2.15. The number of hydrogen-bond donors (Lipinski definition) is 1. The first-order valence-corrected chi connectivity index (χ1v) is 9.74. The van der Waals surface area contributed by atoms with Gasteiger partial charge in [-0.25, -0.2) is 0 Å². The van der Waals surface area contributed by atoms with E-state index in [0.29, 0.717) is 26.3 Å². The molecule has 1 N–H and O–H groups in total. The van der Waals surface area contributed by atoms with Gasteiger partial charge in [-0.2, -0.15) is 5.26 Å². The Balaban J connectivity index is 2.32. The van der Waals surface area contributed by atoms with E-state index in [4.69, 9.17) is 9.47 Å². The van der Waals surface area contributed by atoms with Gasteiger partial charge in [0.2, 0.25) is 0 Å². The summed E-state index contributed by atoms with van der Waals surface area (Å²) in [6.45, 7) is 1.30. The molecule has 2 aromatic rings. The fourth-order valence-electron chi connectivity index (χ4n) is 2.11. The summed E-state index contributed by atoms with van der Waals surface area (Å²) in [5.74, 6) is -0.357. The van der Waals surface area contributed by atoms with Gasteiger partial charge >= 0.3 is 5.97 Å². The molecule has 8 heteroatoms. The third-order valence-corrected chi connectivity index (χ3v) is 4.80. The predicted octanol–water partition coefficient (Wildman–Crippen LogP) is 4.38. The van der Waals surface area contributed by atoms with Gasteiger partial charge in [-0.15, -0.1) is 0 Å². The molecule has 27 heavy (non-hydrogen) atoms. The van der Waals surface area contributed by atoms with Crippen LogP contribution in [-0.2, 0) is 9.59 Å². The Morgan fingerprint density at radius 2 is 1.85 bits per heavy atom. The second-order valence-electron chi connectivity index (χ2n) is 5.26. The molecule has 0 radical (unpaired) electrons. The van der Waals surface area contributed by atoms with Crippen molar-refractivity contribution in [3.05, 3.63) is 54.7 Å². The van der Waals surface area contributed by atoms with E-state index in [-0.39, 0.29) is 5.57 Å². The van der Waals surface area contributed by atoms with Crippen LogP contribution in [0.1, 0.15) is 12.5 Å². The molecule has 0 fully saturated rings. The molecule has 0 aromatic heterocycles. The van der Waals surface area contributed by atoms with Crippen LogP contribution in [0, 0.1) is 18.5 Å². The summed E-state index contributed by atoms with van der Waals surface area (Å²) in [5.41, 5.74) is 1.10. The summed E-state index contributed by atoms with van der Waals surface area (Å²) >= 11 is 4.16. The fourth-order valence-corrected chi connectivity index (χ4v) is 3.21. The zero-order valence-electron chi connectivity index (χ0n) is 14.4. The quantitative estimate of drug-likeness (QED) is 0.184. The number of amides is 1. The first kappa shape index (κ1) is 21.2. The van der Waals surface area contributed by atoms with E-state index in [9.17, 15) is 14.9 Å². The Hall–Kier alpha value is -2.13. The van der Waals surface area contributed by atoms with Gasteiger partial charge in [0.05, 0.1) is 10.7 Å². The van der Waals surface area contributed by atoms with Crippen molar-refractivity contribution in [3.8, 4) is 17.6 Å². The standard InChI is InChI=1S/C19H14I2N2O4/c1-11(24)27-18-16(21)8-12(9-17(18)26-2)7-13(10-22)19(25)23-15-5-3-14(20)4-6-15/h3-9H,1-2H3,(H,23,25)/b13-7-. The molecule has 1 amide bonds. The van der Waals surface area contributed by atoms with Crippen molar-refractivity contribution in [2.45, 2.75) is 6.92 Å². The fraction of sp³-hybridized carbons (Fsp3) is 0.105. The van der Waals surface area contributed by atoms with Crippen LogP contribution in [0.4, 0.5) is 5.69 Å². The number of anilines is 1. The SMILES string of the molecule is COc1cc(/C=C(/C#N)C(=O)Nc2ccc(I)cc2)cc(I)c1OC(C)=O. The summed E-state index contributed by atoms with van der Waals surface area (Å²) < 4.78 is 12.1. The number of methoxy groups -OCH3 is 1. The average molecular weight is 588 g/mol. The zero-order chi connectivity index (χ0) is 20.0. The number of nitriles is 1. The number of carbonyl (C=O) groups excluding carboxylic acids is 2. The van der Waals surface area contributed by atoms with Gasteiger partial charge in [0.25, 0.3) is 5.91 Å². The first-order valence-electron chi connectivity index (χ1n) is 7.58. The molecule has 6 nitrogen and oxygen atoms in total. The Labute approximate surface area is 183 Å². The maximum Gasteiger partial charge on any atom is 0.308 e. The minimum atomic E-state index is -0.517. The van der Waals surface area contributed by atoms with E-state index < -0.39 is 11.9 Å². The second-order valence-corrected chi connectivity index (χ2v) is 7.67. The second kappa shape index (κ2) is 9.70. The summed E-state index contributed by atoms with van der Waals surface area (Å²) in [4.78, 5) is 23.6. The van der Waals surface area contributed by atoms with Crippen LogP contribution < -0.4 is 14.8 Å². The van der Waals surface area contributed by atoms with Crippen LogP contribution in [-0.4, -0.2) is 19.0 Å². The molecular formula is C19H14I2N2O4. The van der Waals surface area contributed by atoms with Gasteiger partial charge < -0.3 is 14.8 Å². The van der Waals surface area contributed by atoms with Crippen molar-refractivity contribution < 1.29 is 19.1 Å². The molecule has 138 valence electrons. The third-order valence-electron chi connectivity index (χ3n) is 3.28. The monoisotopic (exact) mass is 588 g/mol. The van der Waals surface area contributed by atoms with E-state index in [1.54, 1.807) is 24.3 Å². The Kier molecular flexibility index (Phi) is 7.61. The van der Waals surface area contributed by atoms with Crippen molar-refractivity contribution in [2.24, 2.45) is 0 Å². The van der Waals surface area contributed by atoms with Crippen molar-refractivity contribution in [1.82, 2.24) is 0 Å².